The highest BCUT2D eigenvalue weighted by Crippen LogP contribution is 2.29. The first-order valence-electron chi connectivity index (χ1n) is 6.01. The van der Waals surface area contributed by atoms with Crippen LogP contribution < -0.4 is 4.90 Å². The molecule has 0 spiro atoms. The number of hydrogen-bond acceptors (Lipinski definition) is 1. The lowest BCUT2D eigenvalue weighted by Crippen LogP contribution is -2.29. The highest BCUT2D eigenvalue weighted by molar-refractivity contribution is 9.10. The fourth-order valence-electron chi connectivity index (χ4n) is 2.36. The van der Waals surface area contributed by atoms with Crippen LogP contribution in [0.4, 0.5) is 10.1 Å². The van der Waals surface area contributed by atoms with E-state index in [2.05, 4.69) is 15.9 Å². The van der Waals surface area contributed by atoms with E-state index in [-0.39, 0.29) is 11.5 Å². The number of nitrogens with zero attached hydrogens (tertiary/aromatic N) is 1. The standard InChI is InChI=1S/C15H11BrFNO/c16-11-5-6-13(17)12(9-11)15(19)18-8-7-10-3-1-2-4-14(10)18/h1-6,9H,7-8H2. The van der Waals surface area contributed by atoms with Gasteiger partial charge in [0, 0.05) is 16.7 Å². The van der Waals surface area contributed by atoms with E-state index < -0.39 is 5.82 Å². The molecule has 2 aromatic carbocycles. The molecule has 0 saturated carbocycles. The highest BCUT2D eigenvalue weighted by Gasteiger charge is 2.26. The minimum atomic E-state index is -0.488. The molecule has 1 aliphatic heterocycles. The molecule has 1 amide bonds. The minimum Gasteiger partial charge on any atom is -0.308 e. The monoisotopic (exact) mass is 319 g/mol. The van der Waals surface area contributed by atoms with Crippen LogP contribution in [0.3, 0.4) is 0 Å². The Kier molecular flexibility index (Phi) is 3.11. The van der Waals surface area contributed by atoms with Crippen molar-refractivity contribution in [3.05, 3.63) is 63.9 Å². The van der Waals surface area contributed by atoms with Crippen molar-refractivity contribution in [3.8, 4) is 0 Å². The molecule has 4 heteroatoms. The summed E-state index contributed by atoms with van der Waals surface area (Å²) in [6, 6.07) is 12.2. The lowest BCUT2D eigenvalue weighted by molar-refractivity contribution is 0.0985. The van der Waals surface area contributed by atoms with Crippen LogP contribution in [0.25, 0.3) is 0 Å². The quantitative estimate of drug-likeness (QED) is 0.783. The summed E-state index contributed by atoms with van der Waals surface area (Å²) in [5.41, 5.74) is 2.12. The molecule has 0 aromatic heterocycles. The Morgan fingerprint density at radius 1 is 1.21 bits per heavy atom. The Hall–Kier alpha value is -1.68. The zero-order chi connectivity index (χ0) is 13.4. The first-order chi connectivity index (χ1) is 9.16. The van der Waals surface area contributed by atoms with E-state index in [1.54, 1.807) is 11.0 Å². The van der Waals surface area contributed by atoms with Crippen LogP contribution in [0.2, 0.25) is 0 Å². The molecule has 1 heterocycles. The SMILES string of the molecule is O=C(c1cc(Br)ccc1F)N1CCc2ccccc21. The zero-order valence-corrected chi connectivity index (χ0v) is 11.7. The van der Waals surface area contributed by atoms with Crippen LogP contribution in [0.5, 0.6) is 0 Å². The Morgan fingerprint density at radius 2 is 2.00 bits per heavy atom. The molecule has 0 N–H and O–H groups in total. The van der Waals surface area contributed by atoms with Crippen molar-refractivity contribution in [2.45, 2.75) is 6.42 Å². The number of rotatable bonds is 1. The molecule has 0 aliphatic carbocycles. The van der Waals surface area contributed by atoms with E-state index >= 15 is 0 Å². The Morgan fingerprint density at radius 3 is 2.84 bits per heavy atom. The van der Waals surface area contributed by atoms with Crippen molar-refractivity contribution in [3.63, 3.8) is 0 Å². The molecule has 1 aliphatic rings. The molecule has 2 nitrogen and oxygen atoms in total. The van der Waals surface area contributed by atoms with Crippen LogP contribution in [-0.2, 0) is 6.42 Å². The van der Waals surface area contributed by atoms with Gasteiger partial charge in [0.2, 0.25) is 0 Å². The van der Waals surface area contributed by atoms with Crippen molar-refractivity contribution in [2.24, 2.45) is 0 Å². The molecule has 3 rings (SSSR count). The summed E-state index contributed by atoms with van der Waals surface area (Å²) in [7, 11) is 0. The van der Waals surface area contributed by atoms with Crippen LogP contribution in [0.15, 0.2) is 46.9 Å². The van der Waals surface area contributed by atoms with Crippen molar-refractivity contribution in [1.82, 2.24) is 0 Å². The summed E-state index contributed by atoms with van der Waals surface area (Å²) in [5.74, 6) is -0.777. The summed E-state index contributed by atoms with van der Waals surface area (Å²) in [4.78, 5) is 14.1. The molecule has 2 aromatic rings. The second-order valence-electron chi connectivity index (χ2n) is 4.46. The van der Waals surface area contributed by atoms with Crippen molar-refractivity contribution in [1.29, 1.82) is 0 Å². The first-order valence-corrected chi connectivity index (χ1v) is 6.81. The number of carbonyl (C=O) groups excluding carboxylic acids is 1. The number of para-hydroxylation sites is 1. The number of benzene rings is 2. The third-order valence-electron chi connectivity index (χ3n) is 3.29. The smallest absolute Gasteiger partial charge is 0.261 e. The van der Waals surface area contributed by atoms with Crippen LogP contribution >= 0.6 is 15.9 Å². The lowest BCUT2D eigenvalue weighted by Gasteiger charge is -2.17. The maximum absolute atomic E-state index is 13.8. The summed E-state index contributed by atoms with van der Waals surface area (Å²) in [5, 5.41) is 0. The van der Waals surface area contributed by atoms with Gasteiger partial charge >= 0.3 is 0 Å². The number of hydrogen-bond donors (Lipinski definition) is 0. The summed E-state index contributed by atoms with van der Waals surface area (Å²) in [6.45, 7) is 0.601. The van der Waals surface area contributed by atoms with Crippen LogP contribution in [-0.4, -0.2) is 12.5 Å². The minimum absolute atomic E-state index is 0.103. The lowest BCUT2D eigenvalue weighted by atomic mass is 10.1. The average molecular weight is 320 g/mol. The van der Waals surface area contributed by atoms with Gasteiger partial charge in [-0.15, -0.1) is 0 Å². The predicted octanol–water partition coefficient (Wildman–Crippen LogP) is 3.79. The van der Waals surface area contributed by atoms with Gasteiger partial charge < -0.3 is 4.90 Å². The maximum atomic E-state index is 13.8. The van der Waals surface area contributed by atoms with Gasteiger partial charge in [0.25, 0.3) is 5.91 Å². The van der Waals surface area contributed by atoms with Gasteiger partial charge in [-0.2, -0.15) is 0 Å². The van der Waals surface area contributed by atoms with E-state index in [1.807, 2.05) is 24.3 Å². The van der Waals surface area contributed by atoms with Gasteiger partial charge in [0.15, 0.2) is 0 Å². The number of fused-ring (bicyclic) bond motifs is 1. The van der Waals surface area contributed by atoms with Gasteiger partial charge in [-0.05, 0) is 36.2 Å². The molecule has 0 radical (unpaired) electrons. The maximum Gasteiger partial charge on any atom is 0.261 e. The number of amides is 1. The third-order valence-corrected chi connectivity index (χ3v) is 3.78. The third kappa shape index (κ3) is 2.16. The Labute approximate surface area is 119 Å². The highest BCUT2D eigenvalue weighted by atomic mass is 79.9. The van der Waals surface area contributed by atoms with Gasteiger partial charge in [-0.3, -0.25) is 4.79 Å². The molecular weight excluding hydrogens is 309 g/mol. The summed E-state index contributed by atoms with van der Waals surface area (Å²) < 4.78 is 14.5. The van der Waals surface area contributed by atoms with E-state index in [4.69, 9.17) is 0 Å². The largest absolute Gasteiger partial charge is 0.308 e. The van der Waals surface area contributed by atoms with E-state index in [0.29, 0.717) is 11.0 Å². The second-order valence-corrected chi connectivity index (χ2v) is 5.38. The van der Waals surface area contributed by atoms with Crippen LogP contribution in [0.1, 0.15) is 15.9 Å². The zero-order valence-electron chi connectivity index (χ0n) is 10.1. The van der Waals surface area contributed by atoms with Crippen molar-refractivity contribution >= 4 is 27.5 Å². The van der Waals surface area contributed by atoms with Gasteiger partial charge in [0.05, 0.1) is 5.56 Å². The van der Waals surface area contributed by atoms with E-state index in [0.717, 1.165) is 17.7 Å². The van der Waals surface area contributed by atoms with Gasteiger partial charge in [-0.25, -0.2) is 4.39 Å². The predicted molar refractivity (Wildman–Crippen MR) is 75.9 cm³/mol. The number of carbonyl (C=O) groups is 1. The van der Waals surface area contributed by atoms with E-state index in [9.17, 15) is 9.18 Å². The van der Waals surface area contributed by atoms with Crippen molar-refractivity contribution < 1.29 is 9.18 Å². The van der Waals surface area contributed by atoms with E-state index in [1.165, 1.54) is 12.1 Å². The van der Waals surface area contributed by atoms with Crippen molar-refractivity contribution in [2.75, 3.05) is 11.4 Å². The fraction of sp³-hybridized carbons (Fsp3) is 0.133. The molecule has 0 unspecified atom stereocenters. The average Bonchev–Trinajstić information content (AvgIpc) is 2.84. The molecule has 0 fully saturated rings. The normalized spacial score (nSPS) is 13.5. The number of anilines is 1. The first kappa shape index (κ1) is 12.4. The molecular formula is C15H11BrFNO. The molecule has 96 valence electrons. The fourth-order valence-corrected chi connectivity index (χ4v) is 2.72. The second kappa shape index (κ2) is 4.78. The Bertz CT molecular complexity index is 656. The van der Waals surface area contributed by atoms with Crippen LogP contribution in [0, 0.1) is 5.82 Å². The number of halogens is 2. The topological polar surface area (TPSA) is 20.3 Å². The molecule has 0 saturated heterocycles. The summed E-state index contributed by atoms with van der Waals surface area (Å²) in [6.07, 6.45) is 0.817. The molecule has 0 atom stereocenters. The molecule has 0 bridgehead atoms. The van der Waals surface area contributed by atoms with Gasteiger partial charge in [-0.1, -0.05) is 34.1 Å². The molecule has 19 heavy (non-hydrogen) atoms. The van der Waals surface area contributed by atoms with Gasteiger partial charge in [0.1, 0.15) is 5.82 Å². The Balaban J connectivity index is 2.00. The summed E-state index contributed by atoms with van der Waals surface area (Å²) >= 11 is 3.27.